The molecule has 0 aliphatic rings. The van der Waals surface area contributed by atoms with E-state index in [1.807, 2.05) is 0 Å². The van der Waals surface area contributed by atoms with E-state index in [-0.39, 0.29) is 22.0 Å². The maximum absolute atomic E-state index is 12.6. The smallest absolute Gasteiger partial charge is 0.251 e. The fourth-order valence-corrected chi connectivity index (χ4v) is 4.76. The topological polar surface area (TPSA) is 135 Å². The lowest BCUT2D eigenvalue weighted by Crippen LogP contribution is -2.40. The second-order valence-electron chi connectivity index (χ2n) is 8.12. The number of hydrogen-bond acceptors (Lipinski definition) is 6. The van der Waals surface area contributed by atoms with Gasteiger partial charge in [0.2, 0.25) is 15.9 Å². The molecular formula is C21H23ClN6O4S. The molecule has 3 aromatic rings. The fourth-order valence-electron chi connectivity index (χ4n) is 2.82. The van der Waals surface area contributed by atoms with Crippen molar-refractivity contribution in [3.05, 3.63) is 65.7 Å². The maximum atomic E-state index is 12.6. The van der Waals surface area contributed by atoms with Gasteiger partial charge in [0, 0.05) is 16.8 Å². The van der Waals surface area contributed by atoms with Crippen LogP contribution in [0.25, 0.3) is 5.69 Å². The summed E-state index contributed by atoms with van der Waals surface area (Å²) in [5.74, 6) is -1.07. The zero-order chi connectivity index (χ0) is 24.2. The van der Waals surface area contributed by atoms with Gasteiger partial charge in [0.05, 0.1) is 17.3 Å². The van der Waals surface area contributed by atoms with Gasteiger partial charge >= 0.3 is 0 Å². The Hall–Kier alpha value is -3.28. The summed E-state index contributed by atoms with van der Waals surface area (Å²) in [6, 6.07) is 10.8. The van der Waals surface area contributed by atoms with Gasteiger partial charge < -0.3 is 10.6 Å². The van der Waals surface area contributed by atoms with E-state index in [1.54, 1.807) is 56.0 Å². The van der Waals surface area contributed by atoms with Crippen LogP contribution in [0.5, 0.6) is 0 Å². The summed E-state index contributed by atoms with van der Waals surface area (Å²) in [5, 5.41) is 9.13. The van der Waals surface area contributed by atoms with Crippen LogP contribution < -0.4 is 15.4 Å². The maximum Gasteiger partial charge on any atom is 0.251 e. The molecule has 0 unspecified atom stereocenters. The van der Waals surface area contributed by atoms with E-state index in [0.29, 0.717) is 5.69 Å². The number of sulfonamides is 1. The molecule has 0 aliphatic heterocycles. The lowest BCUT2D eigenvalue weighted by atomic mass is 10.1. The molecule has 2 aromatic carbocycles. The normalized spacial score (nSPS) is 11.8. The van der Waals surface area contributed by atoms with Crippen molar-refractivity contribution in [2.75, 3.05) is 11.9 Å². The van der Waals surface area contributed by atoms with Crippen molar-refractivity contribution in [2.45, 2.75) is 31.2 Å². The Morgan fingerprint density at radius 3 is 2.39 bits per heavy atom. The van der Waals surface area contributed by atoms with Crippen molar-refractivity contribution in [2.24, 2.45) is 0 Å². The predicted molar refractivity (Wildman–Crippen MR) is 124 cm³/mol. The van der Waals surface area contributed by atoms with Crippen LogP contribution in [0.15, 0.2) is 60.0 Å². The fraction of sp³-hybridized carbons (Fsp3) is 0.238. The van der Waals surface area contributed by atoms with E-state index in [4.69, 9.17) is 11.6 Å². The predicted octanol–water partition coefficient (Wildman–Crippen LogP) is 2.37. The number of hydrogen-bond donors (Lipinski definition) is 3. The molecule has 0 fully saturated rings. The highest BCUT2D eigenvalue weighted by Crippen LogP contribution is 2.24. The van der Waals surface area contributed by atoms with Crippen LogP contribution >= 0.6 is 11.6 Å². The molecule has 174 valence electrons. The zero-order valence-electron chi connectivity index (χ0n) is 18.2. The van der Waals surface area contributed by atoms with Crippen molar-refractivity contribution in [3.8, 4) is 5.69 Å². The standard InChI is InChI=1S/C21H23ClN6O4S/c1-21(2,3)27-33(31,32)18-10-14(4-9-17(18)22)20(30)24-11-19(29)26-15-5-7-16(8-6-15)28-13-23-12-25-28/h4-10,12-13,27H,11H2,1-3H3,(H,24,30)(H,26,29). The van der Waals surface area contributed by atoms with Crippen molar-refractivity contribution in [3.63, 3.8) is 0 Å². The van der Waals surface area contributed by atoms with Crippen molar-refractivity contribution in [1.29, 1.82) is 0 Å². The summed E-state index contributed by atoms with van der Waals surface area (Å²) >= 11 is 6.05. The lowest BCUT2D eigenvalue weighted by Gasteiger charge is -2.21. The van der Waals surface area contributed by atoms with Crippen molar-refractivity contribution in [1.82, 2.24) is 24.8 Å². The average molecular weight is 491 g/mol. The Morgan fingerprint density at radius 2 is 1.79 bits per heavy atom. The first-order valence-corrected chi connectivity index (χ1v) is 11.7. The van der Waals surface area contributed by atoms with Crippen LogP contribution in [0.4, 0.5) is 5.69 Å². The number of amides is 2. The molecule has 0 atom stereocenters. The largest absolute Gasteiger partial charge is 0.343 e. The van der Waals surface area contributed by atoms with Crippen molar-refractivity contribution < 1.29 is 18.0 Å². The summed E-state index contributed by atoms with van der Waals surface area (Å²) in [7, 11) is -3.95. The molecule has 0 saturated carbocycles. The van der Waals surface area contributed by atoms with Gasteiger partial charge in [-0.25, -0.2) is 22.8 Å². The molecule has 2 amide bonds. The number of rotatable bonds is 7. The summed E-state index contributed by atoms with van der Waals surface area (Å²) in [4.78, 5) is 28.4. The summed E-state index contributed by atoms with van der Waals surface area (Å²) in [6.07, 6.45) is 2.97. The van der Waals surface area contributed by atoms with E-state index in [2.05, 4.69) is 25.4 Å². The Balaban J connectivity index is 1.62. The van der Waals surface area contributed by atoms with E-state index in [1.165, 1.54) is 24.5 Å². The van der Waals surface area contributed by atoms with Crippen LogP contribution in [0.1, 0.15) is 31.1 Å². The Kier molecular flexibility index (Phi) is 7.15. The number of halogens is 1. The van der Waals surface area contributed by atoms with E-state index >= 15 is 0 Å². The zero-order valence-corrected chi connectivity index (χ0v) is 19.7. The molecule has 1 aromatic heterocycles. The third-order valence-corrected chi connectivity index (χ3v) is 6.41. The Labute approximate surface area is 196 Å². The summed E-state index contributed by atoms with van der Waals surface area (Å²) < 4.78 is 29.3. The first-order chi connectivity index (χ1) is 15.4. The highest BCUT2D eigenvalue weighted by Gasteiger charge is 2.25. The number of anilines is 1. The molecule has 33 heavy (non-hydrogen) atoms. The second kappa shape index (κ2) is 9.69. The molecule has 3 rings (SSSR count). The van der Waals surface area contributed by atoms with E-state index < -0.39 is 27.4 Å². The molecule has 0 spiro atoms. The molecule has 1 heterocycles. The highest BCUT2D eigenvalue weighted by molar-refractivity contribution is 7.89. The molecule has 0 radical (unpaired) electrons. The molecule has 12 heteroatoms. The highest BCUT2D eigenvalue weighted by atomic mass is 35.5. The number of carbonyl (C=O) groups excluding carboxylic acids is 2. The van der Waals surface area contributed by atoms with Gasteiger partial charge in [-0.2, -0.15) is 5.10 Å². The molecule has 0 saturated heterocycles. The van der Waals surface area contributed by atoms with Gasteiger partial charge in [0.15, 0.2) is 0 Å². The van der Waals surface area contributed by atoms with Crippen LogP contribution in [-0.2, 0) is 14.8 Å². The van der Waals surface area contributed by atoms with Crippen molar-refractivity contribution >= 4 is 39.1 Å². The number of nitrogens with one attached hydrogen (secondary N) is 3. The second-order valence-corrected chi connectivity index (χ2v) is 10.2. The molecule has 0 aliphatic carbocycles. The average Bonchev–Trinajstić information content (AvgIpc) is 3.26. The molecule has 3 N–H and O–H groups in total. The number of nitrogens with zero attached hydrogens (tertiary/aromatic N) is 3. The minimum atomic E-state index is -3.95. The minimum Gasteiger partial charge on any atom is -0.343 e. The number of carbonyl (C=O) groups is 2. The number of aromatic nitrogens is 3. The number of benzene rings is 2. The monoisotopic (exact) mass is 490 g/mol. The SMILES string of the molecule is CC(C)(C)NS(=O)(=O)c1cc(C(=O)NCC(=O)Nc2ccc(-n3cncn3)cc2)ccc1Cl. The van der Waals surface area contributed by atoms with Gasteiger partial charge in [0.25, 0.3) is 5.91 Å². The first kappa shape index (κ1) is 24.4. The molecular weight excluding hydrogens is 468 g/mol. The lowest BCUT2D eigenvalue weighted by molar-refractivity contribution is -0.115. The van der Waals surface area contributed by atoms with Gasteiger partial charge in [-0.3, -0.25) is 9.59 Å². The molecule has 10 nitrogen and oxygen atoms in total. The van der Waals surface area contributed by atoms with Crippen LogP contribution in [0, 0.1) is 0 Å². The third-order valence-electron chi connectivity index (χ3n) is 4.17. The minimum absolute atomic E-state index is 0.0182. The third kappa shape index (κ3) is 6.60. The first-order valence-electron chi connectivity index (χ1n) is 9.81. The quantitative estimate of drug-likeness (QED) is 0.465. The van der Waals surface area contributed by atoms with Crippen LogP contribution in [0.2, 0.25) is 5.02 Å². The van der Waals surface area contributed by atoms with E-state index in [9.17, 15) is 18.0 Å². The van der Waals surface area contributed by atoms with Gasteiger partial charge in [-0.05, 0) is 63.2 Å². The van der Waals surface area contributed by atoms with Gasteiger partial charge in [-0.15, -0.1) is 0 Å². The van der Waals surface area contributed by atoms with Gasteiger partial charge in [-0.1, -0.05) is 11.6 Å². The van der Waals surface area contributed by atoms with Crippen LogP contribution in [-0.4, -0.2) is 47.1 Å². The summed E-state index contributed by atoms with van der Waals surface area (Å²) in [5.41, 5.74) is 0.629. The van der Waals surface area contributed by atoms with Gasteiger partial charge in [0.1, 0.15) is 17.6 Å². The summed E-state index contributed by atoms with van der Waals surface area (Å²) in [6.45, 7) is 4.76. The Morgan fingerprint density at radius 1 is 1.09 bits per heavy atom. The van der Waals surface area contributed by atoms with E-state index in [0.717, 1.165) is 5.69 Å². The molecule has 0 bridgehead atoms. The van der Waals surface area contributed by atoms with Crippen LogP contribution in [0.3, 0.4) is 0 Å². The Bertz CT molecular complexity index is 1250.